The van der Waals surface area contributed by atoms with Crippen LogP contribution in [0.1, 0.15) is 25.8 Å². The van der Waals surface area contributed by atoms with Crippen molar-refractivity contribution < 1.29 is 5.11 Å². The van der Waals surface area contributed by atoms with Gasteiger partial charge in [-0.1, -0.05) is 19.9 Å². The fraction of sp³-hybridized carbons (Fsp3) is 0.385. The quantitative estimate of drug-likeness (QED) is 0.787. The Bertz CT molecular complexity index is 457. The minimum Gasteiger partial charge on any atom is -0.507 e. The Morgan fingerprint density at radius 1 is 1.33 bits per heavy atom. The number of phenols is 1. The van der Waals surface area contributed by atoms with Crippen LogP contribution in [0.15, 0.2) is 24.4 Å². The van der Waals surface area contributed by atoms with Gasteiger partial charge in [0.15, 0.2) is 0 Å². The summed E-state index contributed by atoms with van der Waals surface area (Å²) in [7, 11) is 0. The highest BCUT2D eigenvalue weighted by atomic mass is 16.3. The van der Waals surface area contributed by atoms with Crippen LogP contribution in [0.3, 0.4) is 0 Å². The number of aromatic amines is 1. The number of H-pyrrole nitrogens is 1. The maximum atomic E-state index is 9.79. The molecule has 2 heteroatoms. The van der Waals surface area contributed by atoms with Crippen molar-refractivity contribution in [2.75, 3.05) is 0 Å². The Labute approximate surface area is 89.9 Å². The largest absolute Gasteiger partial charge is 0.507 e. The normalized spacial score (nSPS) is 11.4. The van der Waals surface area contributed by atoms with E-state index in [2.05, 4.69) is 18.8 Å². The Morgan fingerprint density at radius 2 is 2.13 bits per heavy atom. The fourth-order valence-corrected chi connectivity index (χ4v) is 1.88. The molecule has 15 heavy (non-hydrogen) atoms. The number of phenolic OH excluding ortho intramolecular Hbond substituents is 1. The summed E-state index contributed by atoms with van der Waals surface area (Å²) in [5, 5.41) is 10.8. The number of aromatic hydroxyl groups is 1. The third-order valence-electron chi connectivity index (χ3n) is 2.76. The highest BCUT2D eigenvalue weighted by molar-refractivity contribution is 5.88. The van der Waals surface area contributed by atoms with Crippen molar-refractivity contribution in [3.8, 4) is 5.75 Å². The first-order valence-electron chi connectivity index (χ1n) is 5.46. The van der Waals surface area contributed by atoms with Crippen molar-refractivity contribution in [1.29, 1.82) is 0 Å². The summed E-state index contributed by atoms with van der Waals surface area (Å²) < 4.78 is 0. The van der Waals surface area contributed by atoms with Gasteiger partial charge in [-0.15, -0.1) is 0 Å². The zero-order chi connectivity index (χ0) is 10.8. The average Bonchev–Trinajstić information content (AvgIpc) is 2.59. The molecule has 2 aromatic rings. The van der Waals surface area contributed by atoms with Gasteiger partial charge in [-0.3, -0.25) is 0 Å². The Balaban J connectivity index is 2.35. The minimum absolute atomic E-state index is 0.382. The van der Waals surface area contributed by atoms with Crippen LogP contribution in [0, 0.1) is 5.92 Å². The lowest BCUT2D eigenvalue weighted by Crippen LogP contribution is -1.90. The van der Waals surface area contributed by atoms with Crippen LogP contribution < -0.4 is 0 Å². The number of benzene rings is 1. The van der Waals surface area contributed by atoms with Gasteiger partial charge in [-0.05, 0) is 36.5 Å². The molecule has 0 saturated heterocycles. The molecule has 1 aromatic carbocycles. The molecule has 2 nitrogen and oxygen atoms in total. The lowest BCUT2D eigenvalue weighted by molar-refractivity contribution is 0.481. The lowest BCUT2D eigenvalue weighted by atomic mass is 10.0. The summed E-state index contributed by atoms with van der Waals surface area (Å²) in [5.74, 6) is 1.08. The molecule has 0 spiro atoms. The van der Waals surface area contributed by atoms with Crippen LogP contribution in [0.4, 0.5) is 0 Å². The van der Waals surface area contributed by atoms with Gasteiger partial charge in [0.25, 0.3) is 0 Å². The second kappa shape index (κ2) is 3.97. The third kappa shape index (κ3) is 1.99. The van der Waals surface area contributed by atoms with E-state index in [9.17, 15) is 5.11 Å². The Kier molecular flexibility index (Phi) is 2.67. The van der Waals surface area contributed by atoms with E-state index in [4.69, 9.17) is 0 Å². The highest BCUT2D eigenvalue weighted by Crippen LogP contribution is 2.28. The van der Waals surface area contributed by atoms with E-state index < -0.39 is 0 Å². The second-order valence-corrected chi connectivity index (χ2v) is 4.45. The Morgan fingerprint density at radius 3 is 2.87 bits per heavy atom. The van der Waals surface area contributed by atoms with Crippen molar-refractivity contribution in [3.05, 3.63) is 30.0 Å². The third-order valence-corrected chi connectivity index (χ3v) is 2.76. The van der Waals surface area contributed by atoms with E-state index in [-0.39, 0.29) is 0 Å². The molecule has 1 heterocycles. The van der Waals surface area contributed by atoms with Crippen molar-refractivity contribution in [1.82, 2.24) is 4.98 Å². The second-order valence-electron chi connectivity index (χ2n) is 4.45. The van der Waals surface area contributed by atoms with Crippen LogP contribution in [0.25, 0.3) is 10.9 Å². The summed E-state index contributed by atoms with van der Waals surface area (Å²) in [6.45, 7) is 4.43. The monoisotopic (exact) mass is 203 g/mol. The molecule has 0 saturated carbocycles. The molecule has 0 aliphatic rings. The van der Waals surface area contributed by atoms with Crippen LogP contribution >= 0.6 is 0 Å². The van der Waals surface area contributed by atoms with Crippen LogP contribution in [-0.2, 0) is 6.42 Å². The minimum atomic E-state index is 0.382. The van der Waals surface area contributed by atoms with E-state index in [1.54, 1.807) is 6.07 Å². The maximum absolute atomic E-state index is 9.79. The SMILES string of the molecule is CC(C)CCc1c[nH]c2cccc(O)c12. The number of nitrogens with one attached hydrogen (secondary N) is 1. The van der Waals surface area contributed by atoms with Gasteiger partial charge in [0.05, 0.1) is 0 Å². The lowest BCUT2D eigenvalue weighted by Gasteiger charge is -2.03. The molecule has 0 atom stereocenters. The molecule has 0 amide bonds. The molecule has 0 aliphatic carbocycles. The first-order chi connectivity index (χ1) is 7.18. The predicted molar refractivity (Wildman–Crippen MR) is 63.1 cm³/mol. The summed E-state index contributed by atoms with van der Waals surface area (Å²) in [6.07, 6.45) is 4.18. The van der Waals surface area contributed by atoms with E-state index in [1.807, 2.05) is 18.3 Å². The number of fused-ring (bicyclic) bond motifs is 1. The first kappa shape index (κ1) is 10.1. The smallest absolute Gasteiger partial charge is 0.125 e. The molecule has 0 fully saturated rings. The topological polar surface area (TPSA) is 36.0 Å². The molecule has 1 aromatic heterocycles. The maximum Gasteiger partial charge on any atom is 0.125 e. The van der Waals surface area contributed by atoms with Gasteiger partial charge in [-0.25, -0.2) is 0 Å². The number of rotatable bonds is 3. The van der Waals surface area contributed by atoms with Crippen LogP contribution in [0.2, 0.25) is 0 Å². The molecule has 2 rings (SSSR count). The van der Waals surface area contributed by atoms with Gasteiger partial charge in [-0.2, -0.15) is 0 Å². The first-order valence-corrected chi connectivity index (χ1v) is 5.46. The molecular formula is C13H17NO. The molecule has 80 valence electrons. The summed E-state index contributed by atoms with van der Waals surface area (Å²) in [4.78, 5) is 3.19. The fourth-order valence-electron chi connectivity index (χ4n) is 1.88. The van der Waals surface area contributed by atoms with Crippen molar-refractivity contribution in [3.63, 3.8) is 0 Å². The van der Waals surface area contributed by atoms with Gasteiger partial charge >= 0.3 is 0 Å². The molecule has 0 unspecified atom stereocenters. The van der Waals surface area contributed by atoms with Gasteiger partial charge in [0, 0.05) is 17.1 Å². The average molecular weight is 203 g/mol. The number of aromatic nitrogens is 1. The van der Waals surface area contributed by atoms with Crippen LogP contribution in [0.5, 0.6) is 5.75 Å². The Hall–Kier alpha value is -1.44. The molecule has 0 aliphatic heterocycles. The van der Waals surface area contributed by atoms with Gasteiger partial charge in [0.1, 0.15) is 5.75 Å². The van der Waals surface area contributed by atoms with Gasteiger partial charge < -0.3 is 10.1 Å². The molecule has 0 radical (unpaired) electrons. The molecule has 2 N–H and O–H groups in total. The summed E-state index contributed by atoms with van der Waals surface area (Å²) in [5.41, 5.74) is 2.24. The standard InChI is InChI=1S/C13H17NO/c1-9(2)6-7-10-8-14-11-4-3-5-12(15)13(10)11/h3-5,8-9,14-15H,6-7H2,1-2H3. The number of hydrogen-bond donors (Lipinski definition) is 2. The predicted octanol–water partition coefficient (Wildman–Crippen LogP) is 3.46. The summed E-state index contributed by atoms with van der Waals surface area (Å²) >= 11 is 0. The van der Waals surface area contributed by atoms with E-state index >= 15 is 0 Å². The summed E-state index contributed by atoms with van der Waals surface area (Å²) in [6, 6.07) is 5.60. The van der Waals surface area contributed by atoms with Crippen LogP contribution in [-0.4, -0.2) is 10.1 Å². The van der Waals surface area contributed by atoms with Crippen molar-refractivity contribution >= 4 is 10.9 Å². The van der Waals surface area contributed by atoms with Gasteiger partial charge in [0.2, 0.25) is 0 Å². The van der Waals surface area contributed by atoms with E-state index in [0.717, 1.165) is 23.7 Å². The van der Waals surface area contributed by atoms with Crippen molar-refractivity contribution in [2.24, 2.45) is 5.92 Å². The zero-order valence-corrected chi connectivity index (χ0v) is 9.25. The molecular weight excluding hydrogens is 186 g/mol. The van der Waals surface area contributed by atoms with E-state index in [0.29, 0.717) is 11.7 Å². The molecule has 0 bridgehead atoms. The number of aryl methyl sites for hydroxylation is 1. The zero-order valence-electron chi connectivity index (χ0n) is 9.25. The van der Waals surface area contributed by atoms with E-state index in [1.165, 1.54) is 5.56 Å². The number of hydrogen-bond acceptors (Lipinski definition) is 1. The van der Waals surface area contributed by atoms with Crippen molar-refractivity contribution in [2.45, 2.75) is 26.7 Å². The highest BCUT2D eigenvalue weighted by Gasteiger charge is 2.07.